The number of rotatable bonds is 11. The highest BCUT2D eigenvalue weighted by molar-refractivity contribution is 5.89. The quantitative estimate of drug-likeness (QED) is 0.203. The van der Waals surface area contributed by atoms with Gasteiger partial charge in [0.1, 0.15) is 0 Å². The molecule has 0 amide bonds. The first-order chi connectivity index (χ1) is 17.5. The standard InChI is InChI=1S/C29H31F7N2/c1-7-22(18-38(5)6)24-10-8-9-23(16-24)19(2)11-12-26(25-15-21(4)37-17-25)20(3)13-14-27(30,31)28(32,33)29(34,35)36/h7-12,15-18,21H,1-2,13-14H2,3-6H3/b12-11-,22-18+,26-20-. The van der Waals surface area contributed by atoms with Gasteiger partial charge in [-0.05, 0) is 59.8 Å². The number of nitrogens with zero attached hydrogens (tertiary/aromatic N) is 2. The summed E-state index contributed by atoms with van der Waals surface area (Å²) in [6, 6.07) is 7.29. The highest BCUT2D eigenvalue weighted by Gasteiger charge is 2.72. The lowest BCUT2D eigenvalue weighted by molar-refractivity contribution is -0.355. The van der Waals surface area contributed by atoms with E-state index in [0.29, 0.717) is 16.7 Å². The van der Waals surface area contributed by atoms with Crippen LogP contribution >= 0.6 is 0 Å². The average Bonchev–Trinajstić information content (AvgIpc) is 3.26. The second-order valence-corrected chi connectivity index (χ2v) is 9.30. The first-order valence-corrected chi connectivity index (χ1v) is 11.8. The molecule has 38 heavy (non-hydrogen) atoms. The van der Waals surface area contributed by atoms with E-state index in [0.717, 1.165) is 16.7 Å². The van der Waals surface area contributed by atoms with E-state index in [4.69, 9.17) is 0 Å². The van der Waals surface area contributed by atoms with Crippen LogP contribution in [0.5, 0.6) is 0 Å². The van der Waals surface area contributed by atoms with Crippen LogP contribution in [0.2, 0.25) is 0 Å². The van der Waals surface area contributed by atoms with Crippen molar-refractivity contribution in [2.75, 3.05) is 14.1 Å². The minimum absolute atomic E-state index is 0.196. The molecular formula is C29H31F7N2. The first-order valence-electron chi connectivity index (χ1n) is 11.8. The molecule has 1 aliphatic rings. The summed E-state index contributed by atoms with van der Waals surface area (Å²) in [6.45, 7) is 11.1. The van der Waals surface area contributed by atoms with Crippen molar-refractivity contribution in [2.45, 2.75) is 50.8 Å². The van der Waals surface area contributed by atoms with Gasteiger partial charge in [-0.1, -0.05) is 61.2 Å². The van der Waals surface area contributed by atoms with Gasteiger partial charge in [0.15, 0.2) is 0 Å². The molecule has 0 bridgehead atoms. The molecule has 0 aliphatic carbocycles. The molecule has 0 aromatic heterocycles. The Labute approximate surface area is 218 Å². The number of allylic oxidation sites excluding steroid dienone is 8. The summed E-state index contributed by atoms with van der Waals surface area (Å²) in [5.74, 6) is -11.4. The number of halogens is 7. The van der Waals surface area contributed by atoms with Crippen LogP contribution in [-0.4, -0.2) is 49.3 Å². The molecule has 1 aromatic carbocycles. The Bertz CT molecular complexity index is 1200. The Morgan fingerprint density at radius 1 is 1.05 bits per heavy atom. The van der Waals surface area contributed by atoms with Crippen LogP contribution in [0.1, 0.15) is 37.8 Å². The van der Waals surface area contributed by atoms with E-state index < -0.39 is 30.9 Å². The van der Waals surface area contributed by atoms with Crippen molar-refractivity contribution in [2.24, 2.45) is 4.99 Å². The van der Waals surface area contributed by atoms with Crippen molar-refractivity contribution < 1.29 is 30.7 Å². The molecule has 0 fully saturated rings. The molecule has 0 N–H and O–H groups in total. The van der Waals surface area contributed by atoms with Crippen molar-refractivity contribution in [3.8, 4) is 0 Å². The average molecular weight is 541 g/mol. The summed E-state index contributed by atoms with van der Waals surface area (Å²) in [5.41, 5.74) is 4.28. The first kappa shape index (κ1) is 30.9. The molecule has 1 aliphatic heterocycles. The molecule has 1 aromatic rings. The summed E-state index contributed by atoms with van der Waals surface area (Å²) in [7, 11) is 3.76. The predicted molar refractivity (Wildman–Crippen MR) is 140 cm³/mol. The van der Waals surface area contributed by atoms with E-state index in [2.05, 4.69) is 18.2 Å². The van der Waals surface area contributed by atoms with E-state index in [-0.39, 0.29) is 11.6 Å². The molecular weight excluding hydrogens is 509 g/mol. The third-order valence-corrected chi connectivity index (χ3v) is 5.90. The van der Waals surface area contributed by atoms with Crippen molar-refractivity contribution in [3.05, 3.63) is 95.8 Å². The van der Waals surface area contributed by atoms with Crippen LogP contribution in [0.15, 0.2) is 89.6 Å². The molecule has 206 valence electrons. The number of hydrogen-bond donors (Lipinski definition) is 0. The van der Waals surface area contributed by atoms with Crippen LogP contribution in [0, 0.1) is 0 Å². The second-order valence-electron chi connectivity index (χ2n) is 9.30. The van der Waals surface area contributed by atoms with Gasteiger partial charge in [0.25, 0.3) is 0 Å². The third kappa shape index (κ3) is 7.36. The molecule has 1 heterocycles. The van der Waals surface area contributed by atoms with Gasteiger partial charge >= 0.3 is 18.0 Å². The minimum atomic E-state index is -6.35. The second kappa shape index (κ2) is 12.0. The maximum Gasteiger partial charge on any atom is 0.459 e. The zero-order chi connectivity index (χ0) is 28.9. The molecule has 0 spiro atoms. The summed E-state index contributed by atoms with van der Waals surface area (Å²) < 4.78 is 92.2. The van der Waals surface area contributed by atoms with Crippen LogP contribution in [0.4, 0.5) is 30.7 Å². The number of aliphatic imine (C=N–C) groups is 1. The van der Waals surface area contributed by atoms with Gasteiger partial charge in [-0.3, -0.25) is 4.99 Å². The van der Waals surface area contributed by atoms with Gasteiger partial charge in [0.2, 0.25) is 0 Å². The Morgan fingerprint density at radius 2 is 1.68 bits per heavy atom. The summed E-state index contributed by atoms with van der Waals surface area (Å²) in [6.07, 6.45) is 1.40. The van der Waals surface area contributed by atoms with Crippen molar-refractivity contribution in [3.63, 3.8) is 0 Å². The van der Waals surface area contributed by atoms with Crippen LogP contribution in [0.25, 0.3) is 11.1 Å². The van der Waals surface area contributed by atoms with Gasteiger partial charge in [-0.15, -0.1) is 0 Å². The minimum Gasteiger partial charge on any atom is -0.383 e. The van der Waals surface area contributed by atoms with E-state index in [1.54, 1.807) is 31.2 Å². The zero-order valence-electron chi connectivity index (χ0n) is 21.7. The Balaban J connectivity index is 2.38. The Kier molecular flexibility index (Phi) is 9.75. The fourth-order valence-electron chi connectivity index (χ4n) is 3.73. The summed E-state index contributed by atoms with van der Waals surface area (Å²) in [5, 5.41) is 0. The lowest BCUT2D eigenvalue weighted by Gasteiger charge is -2.28. The van der Waals surface area contributed by atoms with E-state index in [1.807, 2.05) is 49.5 Å². The van der Waals surface area contributed by atoms with Crippen molar-refractivity contribution in [1.29, 1.82) is 0 Å². The topological polar surface area (TPSA) is 15.6 Å². The lowest BCUT2D eigenvalue weighted by Crippen LogP contribution is -2.51. The maximum atomic E-state index is 13.9. The fourth-order valence-corrected chi connectivity index (χ4v) is 3.73. The fraction of sp³-hybridized carbons (Fsp3) is 0.345. The number of hydrogen-bond acceptors (Lipinski definition) is 2. The highest BCUT2D eigenvalue weighted by atomic mass is 19.4. The molecule has 0 saturated carbocycles. The van der Waals surface area contributed by atoms with E-state index in [9.17, 15) is 30.7 Å². The van der Waals surface area contributed by atoms with Crippen molar-refractivity contribution >= 4 is 17.4 Å². The number of benzene rings is 1. The number of alkyl halides is 7. The van der Waals surface area contributed by atoms with Crippen LogP contribution in [0.3, 0.4) is 0 Å². The molecule has 0 radical (unpaired) electrons. The summed E-state index contributed by atoms with van der Waals surface area (Å²) >= 11 is 0. The SMILES string of the molecule is C=C/C(=C\N(C)C)c1cccc(C(=C)/C=C\C(C2=CC(C)N=C2)=C(/C)CCC(F)(F)C(F)(F)C(F)(F)F)c1. The van der Waals surface area contributed by atoms with Gasteiger partial charge in [0, 0.05) is 32.9 Å². The van der Waals surface area contributed by atoms with Crippen LogP contribution in [-0.2, 0) is 0 Å². The van der Waals surface area contributed by atoms with Crippen LogP contribution < -0.4 is 0 Å². The Morgan fingerprint density at radius 3 is 2.21 bits per heavy atom. The molecule has 2 nitrogen and oxygen atoms in total. The third-order valence-electron chi connectivity index (χ3n) is 5.90. The van der Waals surface area contributed by atoms with Gasteiger partial charge in [-0.25, -0.2) is 0 Å². The zero-order valence-corrected chi connectivity index (χ0v) is 21.7. The maximum absolute atomic E-state index is 13.9. The van der Waals surface area contributed by atoms with Gasteiger partial charge in [0.05, 0.1) is 6.04 Å². The van der Waals surface area contributed by atoms with Gasteiger partial charge < -0.3 is 4.90 Å². The molecule has 1 unspecified atom stereocenters. The smallest absolute Gasteiger partial charge is 0.383 e. The predicted octanol–water partition coefficient (Wildman–Crippen LogP) is 8.67. The largest absolute Gasteiger partial charge is 0.459 e. The normalized spacial score (nSPS) is 17.5. The van der Waals surface area contributed by atoms with E-state index in [1.165, 1.54) is 13.1 Å². The monoisotopic (exact) mass is 540 g/mol. The van der Waals surface area contributed by atoms with Crippen molar-refractivity contribution in [1.82, 2.24) is 4.90 Å². The molecule has 2 rings (SSSR count). The molecule has 9 heteroatoms. The highest BCUT2D eigenvalue weighted by Crippen LogP contribution is 2.49. The molecule has 1 atom stereocenters. The Hall–Kier alpha value is -3.36. The molecule has 0 saturated heterocycles. The summed E-state index contributed by atoms with van der Waals surface area (Å²) in [4.78, 5) is 6.09. The lowest BCUT2D eigenvalue weighted by atomic mass is 9.93. The van der Waals surface area contributed by atoms with E-state index >= 15 is 0 Å². The van der Waals surface area contributed by atoms with Gasteiger partial charge in [-0.2, -0.15) is 30.7 Å².